The number of hydrogen-bond acceptors (Lipinski definition) is 8. The highest BCUT2D eigenvalue weighted by atomic mass is 16.5. The number of fused-ring (bicyclic) bond motifs is 2. The van der Waals surface area contributed by atoms with Crippen LogP contribution in [0.1, 0.15) is 0 Å². The van der Waals surface area contributed by atoms with Crippen molar-refractivity contribution in [3.8, 4) is 39.7 Å². The average Bonchev–Trinajstić information content (AvgIpc) is 3.53. The lowest BCUT2D eigenvalue weighted by molar-refractivity contribution is 0.261. The Hall–Kier alpha value is -4.70. The Kier molecular flexibility index (Phi) is 5.55. The van der Waals surface area contributed by atoms with Crippen LogP contribution in [0.25, 0.3) is 56.0 Å². The monoisotopic (exact) mass is 477 g/mol. The van der Waals surface area contributed by atoms with E-state index in [9.17, 15) is 0 Å². The summed E-state index contributed by atoms with van der Waals surface area (Å²) in [4.78, 5) is 28.0. The molecule has 0 radical (unpaired) electrons. The second-order valence-corrected chi connectivity index (χ2v) is 8.64. The van der Waals surface area contributed by atoms with E-state index in [-0.39, 0.29) is 0 Å². The molecule has 0 aromatic carbocycles. The van der Waals surface area contributed by atoms with Gasteiger partial charge in [0.25, 0.3) is 0 Å². The third-order valence-corrected chi connectivity index (χ3v) is 5.83. The van der Waals surface area contributed by atoms with Crippen LogP contribution in [-0.2, 0) is 0 Å². The van der Waals surface area contributed by atoms with Gasteiger partial charge in [-0.15, -0.1) is 0 Å². The number of aromatic amines is 2. The van der Waals surface area contributed by atoms with E-state index < -0.39 is 0 Å². The molecule has 6 aromatic rings. The molecule has 0 amide bonds. The van der Waals surface area contributed by atoms with Gasteiger partial charge in [0.05, 0.1) is 22.8 Å². The minimum Gasteiger partial charge on any atom is -0.491 e. The first-order valence-corrected chi connectivity index (χ1v) is 11.5. The van der Waals surface area contributed by atoms with Crippen LogP contribution in [0.15, 0.2) is 67.5 Å². The summed E-state index contributed by atoms with van der Waals surface area (Å²) in [6.07, 6.45) is 10.6. The summed E-state index contributed by atoms with van der Waals surface area (Å²) in [5.74, 6) is 1.35. The maximum Gasteiger partial charge on any atom is 0.159 e. The molecular formula is C26H23N9O. The summed E-state index contributed by atoms with van der Waals surface area (Å²) in [6.45, 7) is 1.41. The minimum atomic E-state index is 0.587. The smallest absolute Gasteiger partial charge is 0.159 e. The number of nitrogens with one attached hydrogen (secondary N) is 2. The van der Waals surface area contributed by atoms with Gasteiger partial charge < -0.3 is 14.6 Å². The Morgan fingerprint density at radius 1 is 0.889 bits per heavy atom. The van der Waals surface area contributed by atoms with E-state index in [0.29, 0.717) is 23.8 Å². The molecule has 36 heavy (non-hydrogen) atoms. The number of pyridine rings is 4. The molecule has 10 nitrogen and oxygen atoms in total. The number of rotatable bonds is 7. The van der Waals surface area contributed by atoms with Gasteiger partial charge in [0.15, 0.2) is 11.5 Å². The minimum absolute atomic E-state index is 0.587. The Balaban J connectivity index is 1.38. The molecule has 0 saturated carbocycles. The third-order valence-electron chi connectivity index (χ3n) is 5.83. The van der Waals surface area contributed by atoms with E-state index in [1.807, 2.05) is 44.4 Å². The number of imidazole rings is 1. The van der Waals surface area contributed by atoms with Gasteiger partial charge in [-0.05, 0) is 44.4 Å². The van der Waals surface area contributed by atoms with Gasteiger partial charge >= 0.3 is 0 Å². The first-order valence-electron chi connectivity index (χ1n) is 11.5. The first kappa shape index (κ1) is 21.8. The lowest BCUT2D eigenvalue weighted by atomic mass is 10.1. The molecule has 0 atom stereocenters. The molecule has 0 saturated heterocycles. The summed E-state index contributed by atoms with van der Waals surface area (Å²) in [6, 6.07) is 9.76. The van der Waals surface area contributed by atoms with Crippen molar-refractivity contribution in [1.29, 1.82) is 0 Å². The van der Waals surface area contributed by atoms with Crippen molar-refractivity contribution in [2.75, 3.05) is 27.2 Å². The molecule has 0 bridgehead atoms. The van der Waals surface area contributed by atoms with E-state index in [1.54, 1.807) is 37.2 Å². The first-order chi connectivity index (χ1) is 17.7. The van der Waals surface area contributed by atoms with Gasteiger partial charge in [0, 0.05) is 54.2 Å². The Morgan fingerprint density at radius 2 is 1.78 bits per heavy atom. The Labute approximate surface area is 206 Å². The lowest BCUT2D eigenvalue weighted by Gasteiger charge is -2.11. The van der Waals surface area contributed by atoms with Crippen LogP contribution >= 0.6 is 0 Å². The molecule has 178 valence electrons. The highest BCUT2D eigenvalue weighted by molar-refractivity contribution is 5.96. The van der Waals surface area contributed by atoms with Gasteiger partial charge in [-0.25, -0.2) is 9.97 Å². The predicted molar refractivity (Wildman–Crippen MR) is 137 cm³/mol. The third kappa shape index (κ3) is 4.14. The zero-order valence-electron chi connectivity index (χ0n) is 19.8. The molecule has 0 fully saturated rings. The summed E-state index contributed by atoms with van der Waals surface area (Å²) >= 11 is 0. The lowest BCUT2D eigenvalue weighted by Crippen LogP contribution is -2.19. The molecule has 0 aliphatic rings. The molecule has 0 aliphatic carbocycles. The molecule has 0 spiro atoms. The average molecular weight is 478 g/mol. The number of aromatic nitrogens is 8. The van der Waals surface area contributed by atoms with Crippen LogP contribution < -0.4 is 4.74 Å². The molecule has 6 heterocycles. The van der Waals surface area contributed by atoms with Crippen molar-refractivity contribution >= 4 is 22.1 Å². The highest BCUT2D eigenvalue weighted by Crippen LogP contribution is 2.31. The fourth-order valence-electron chi connectivity index (χ4n) is 4.01. The van der Waals surface area contributed by atoms with Crippen LogP contribution in [0.4, 0.5) is 0 Å². The van der Waals surface area contributed by atoms with Crippen LogP contribution in [0, 0.1) is 0 Å². The van der Waals surface area contributed by atoms with Gasteiger partial charge in [0.1, 0.15) is 23.6 Å². The highest BCUT2D eigenvalue weighted by Gasteiger charge is 2.17. The molecule has 2 N–H and O–H groups in total. The predicted octanol–water partition coefficient (Wildman–Crippen LogP) is 3.96. The Bertz CT molecular complexity index is 1660. The summed E-state index contributed by atoms with van der Waals surface area (Å²) in [5.41, 5.74) is 6.45. The quantitative estimate of drug-likeness (QED) is 0.354. The van der Waals surface area contributed by atoms with Crippen LogP contribution in [0.5, 0.6) is 5.75 Å². The summed E-state index contributed by atoms with van der Waals surface area (Å²) in [7, 11) is 4.03. The number of H-pyrrole nitrogens is 2. The largest absolute Gasteiger partial charge is 0.491 e. The fourth-order valence-corrected chi connectivity index (χ4v) is 4.01. The molecule has 6 aromatic heterocycles. The maximum atomic E-state index is 5.86. The number of likely N-dealkylation sites (N-methyl/N-ethyl adjacent to an activating group) is 1. The van der Waals surface area contributed by atoms with Crippen molar-refractivity contribution in [2.24, 2.45) is 0 Å². The molecule has 0 unspecified atom stereocenters. The second kappa shape index (κ2) is 9.16. The number of ether oxygens (including phenoxy) is 1. The van der Waals surface area contributed by atoms with Crippen molar-refractivity contribution in [2.45, 2.75) is 0 Å². The SMILES string of the molecule is CN(C)CCOc1cncc(-c2cnc3[nH]nc(-c4nc5c(-c6cccnc6)nccc5[nH]4)c3c2)c1. The molecule has 10 heteroatoms. The number of hydrogen-bond donors (Lipinski definition) is 2. The Morgan fingerprint density at radius 3 is 2.64 bits per heavy atom. The van der Waals surface area contributed by atoms with E-state index in [1.165, 1.54) is 0 Å². The van der Waals surface area contributed by atoms with E-state index >= 15 is 0 Å². The second-order valence-electron chi connectivity index (χ2n) is 8.64. The van der Waals surface area contributed by atoms with Crippen molar-refractivity contribution in [1.82, 2.24) is 45.0 Å². The number of nitrogens with zero attached hydrogens (tertiary/aromatic N) is 7. The van der Waals surface area contributed by atoms with Crippen molar-refractivity contribution in [3.63, 3.8) is 0 Å². The van der Waals surface area contributed by atoms with Crippen molar-refractivity contribution in [3.05, 3.63) is 67.5 Å². The van der Waals surface area contributed by atoms with Gasteiger partial charge in [-0.2, -0.15) is 5.10 Å². The zero-order chi connectivity index (χ0) is 24.5. The van der Waals surface area contributed by atoms with Gasteiger partial charge in [-0.1, -0.05) is 0 Å². The van der Waals surface area contributed by atoms with Gasteiger partial charge in [0.2, 0.25) is 0 Å². The zero-order valence-corrected chi connectivity index (χ0v) is 19.8. The van der Waals surface area contributed by atoms with Crippen LogP contribution in [-0.4, -0.2) is 72.2 Å². The topological polar surface area (TPSA) is 121 Å². The van der Waals surface area contributed by atoms with E-state index in [4.69, 9.17) is 9.72 Å². The summed E-state index contributed by atoms with van der Waals surface area (Å²) in [5, 5.41) is 8.38. The van der Waals surface area contributed by atoms with E-state index in [2.05, 4.69) is 40.0 Å². The van der Waals surface area contributed by atoms with E-state index in [0.717, 1.165) is 51.1 Å². The van der Waals surface area contributed by atoms with Crippen molar-refractivity contribution < 1.29 is 4.74 Å². The van der Waals surface area contributed by atoms with Gasteiger partial charge in [-0.3, -0.25) is 20.1 Å². The van der Waals surface area contributed by atoms with Crippen LogP contribution in [0.2, 0.25) is 0 Å². The standard InChI is InChI=1S/C26H23N9O/c1-35(2)8-9-36-19-10-17(13-28-15-19)18-11-20-23(33-34-25(20)30-14-18)26-31-21-5-7-29-22(24(21)32-26)16-4-3-6-27-12-16/h3-7,10-15H,8-9H2,1-2H3,(H,31,32)(H,30,33,34). The normalized spacial score (nSPS) is 11.5. The summed E-state index contributed by atoms with van der Waals surface area (Å²) < 4.78 is 5.86. The fraction of sp³-hybridized carbons (Fsp3) is 0.154. The molecule has 6 rings (SSSR count). The molecular weight excluding hydrogens is 454 g/mol. The van der Waals surface area contributed by atoms with Crippen LogP contribution in [0.3, 0.4) is 0 Å². The molecule has 0 aliphatic heterocycles. The maximum absolute atomic E-state index is 5.86.